The predicted molar refractivity (Wildman–Crippen MR) is 203 cm³/mol. The van der Waals surface area contributed by atoms with Gasteiger partial charge in [-0.05, 0) is 78.1 Å². The maximum absolute atomic E-state index is 10.2. The highest BCUT2D eigenvalue weighted by Gasteiger charge is 2.25. The van der Waals surface area contributed by atoms with Crippen LogP contribution in [-0.4, -0.2) is 48.2 Å². The Morgan fingerprint density at radius 2 is 0.638 bits per heavy atom. The van der Waals surface area contributed by atoms with E-state index in [1.54, 1.807) is 13.8 Å². The van der Waals surface area contributed by atoms with Crippen LogP contribution in [0.15, 0.2) is 24.3 Å². The molecular formula is C42H82O5. The Hall–Kier alpha value is -0.720. The van der Waals surface area contributed by atoms with Gasteiger partial charge in [0, 0.05) is 13.2 Å². The first-order chi connectivity index (χ1) is 23.0. The molecule has 0 aliphatic heterocycles. The number of allylic oxidation sites excluding steroid dienone is 4. The SMILES string of the molecule is CCCCCCCCC=CCCCCCCCCOC(OC(OCCCCCCCCC=CCCCCCCCC)C(C)O)C(C)O. The Balaban J connectivity index is 3.78. The van der Waals surface area contributed by atoms with E-state index in [1.165, 1.54) is 154 Å². The third-order valence-corrected chi connectivity index (χ3v) is 8.93. The van der Waals surface area contributed by atoms with Crippen LogP contribution in [0.5, 0.6) is 0 Å². The number of aliphatic hydroxyl groups is 2. The highest BCUT2D eigenvalue weighted by atomic mass is 16.8. The average molecular weight is 667 g/mol. The van der Waals surface area contributed by atoms with Crippen LogP contribution in [0.1, 0.15) is 207 Å². The summed E-state index contributed by atoms with van der Waals surface area (Å²) < 4.78 is 17.6. The maximum atomic E-state index is 10.2. The second kappa shape index (κ2) is 38.1. The van der Waals surface area contributed by atoms with Crippen molar-refractivity contribution in [2.24, 2.45) is 0 Å². The van der Waals surface area contributed by atoms with Crippen molar-refractivity contribution in [3.8, 4) is 0 Å². The fraction of sp³-hybridized carbons (Fsp3) is 0.905. The zero-order valence-corrected chi connectivity index (χ0v) is 32.0. The second-order valence-corrected chi connectivity index (χ2v) is 14.0. The van der Waals surface area contributed by atoms with Gasteiger partial charge in [0.15, 0.2) is 12.6 Å². The Morgan fingerprint density at radius 3 is 0.915 bits per heavy atom. The molecule has 0 spiro atoms. The van der Waals surface area contributed by atoms with Crippen LogP contribution in [-0.2, 0) is 14.2 Å². The second-order valence-electron chi connectivity index (χ2n) is 14.0. The summed E-state index contributed by atoms with van der Waals surface area (Å²) >= 11 is 0. The van der Waals surface area contributed by atoms with Gasteiger partial charge < -0.3 is 24.4 Å². The van der Waals surface area contributed by atoms with E-state index in [-0.39, 0.29) is 0 Å². The van der Waals surface area contributed by atoms with Crippen LogP contribution < -0.4 is 0 Å². The summed E-state index contributed by atoms with van der Waals surface area (Å²) in [7, 11) is 0. The highest BCUT2D eigenvalue weighted by Crippen LogP contribution is 2.15. The molecule has 0 aliphatic rings. The number of hydrogen-bond acceptors (Lipinski definition) is 5. The van der Waals surface area contributed by atoms with Crippen LogP contribution in [0.2, 0.25) is 0 Å². The van der Waals surface area contributed by atoms with Crippen molar-refractivity contribution in [2.45, 2.75) is 232 Å². The van der Waals surface area contributed by atoms with Gasteiger partial charge in [-0.15, -0.1) is 0 Å². The molecule has 0 fully saturated rings. The Labute approximate surface area is 293 Å². The van der Waals surface area contributed by atoms with E-state index in [4.69, 9.17) is 14.2 Å². The van der Waals surface area contributed by atoms with Crippen molar-refractivity contribution in [2.75, 3.05) is 13.2 Å². The molecule has 0 aromatic heterocycles. The first kappa shape index (κ1) is 46.3. The van der Waals surface area contributed by atoms with Gasteiger partial charge in [0.25, 0.3) is 0 Å². The van der Waals surface area contributed by atoms with Crippen LogP contribution in [0, 0.1) is 0 Å². The van der Waals surface area contributed by atoms with E-state index < -0.39 is 24.8 Å². The summed E-state index contributed by atoms with van der Waals surface area (Å²) in [5.41, 5.74) is 0. The Morgan fingerprint density at radius 1 is 0.383 bits per heavy atom. The fourth-order valence-electron chi connectivity index (χ4n) is 5.81. The summed E-state index contributed by atoms with van der Waals surface area (Å²) in [6, 6.07) is 0. The molecule has 5 heteroatoms. The Bertz CT molecular complexity index is 593. The molecule has 0 aliphatic carbocycles. The highest BCUT2D eigenvalue weighted by molar-refractivity contribution is 4.82. The van der Waals surface area contributed by atoms with Gasteiger partial charge in [0.2, 0.25) is 0 Å². The van der Waals surface area contributed by atoms with E-state index >= 15 is 0 Å². The quantitative estimate of drug-likeness (QED) is 0.0390. The topological polar surface area (TPSA) is 68.2 Å². The lowest BCUT2D eigenvalue weighted by Crippen LogP contribution is -2.39. The van der Waals surface area contributed by atoms with Crippen LogP contribution in [0.25, 0.3) is 0 Å². The lowest BCUT2D eigenvalue weighted by Gasteiger charge is -2.28. The molecule has 280 valence electrons. The fourth-order valence-corrected chi connectivity index (χ4v) is 5.81. The number of rotatable bonds is 38. The van der Waals surface area contributed by atoms with Gasteiger partial charge in [-0.3, -0.25) is 0 Å². The first-order valence-electron chi connectivity index (χ1n) is 20.6. The van der Waals surface area contributed by atoms with Crippen molar-refractivity contribution in [1.82, 2.24) is 0 Å². The summed E-state index contributed by atoms with van der Waals surface area (Å²) in [6.45, 7) is 8.95. The van der Waals surface area contributed by atoms with Gasteiger partial charge in [0.1, 0.15) is 12.2 Å². The molecule has 4 unspecified atom stereocenters. The van der Waals surface area contributed by atoms with Gasteiger partial charge in [0.05, 0.1) is 0 Å². The average Bonchev–Trinajstić information content (AvgIpc) is 3.05. The number of hydrogen-bond donors (Lipinski definition) is 2. The van der Waals surface area contributed by atoms with E-state index in [9.17, 15) is 10.2 Å². The molecular weight excluding hydrogens is 584 g/mol. The molecule has 5 nitrogen and oxygen atoms in total. The van der Waals surface area contributed by atoms with Gasteiger partial charge in [-0.25, -0.2) is 0 Å². The third-order valence-electron chi connectivity index (χ3n) is 8.93. The molecule has 0 bridgehead atoms. The maximum Gasteiger partial charge on any atom is 0.186 e. The molecule has 0 saturated heterocycles. The third kappa shape index (κ3) is 34.9. The molecule has 0 heterocycles. The van der Waals surface area contributed by atoms with Crippen molar-refractivity contribution >= 4 is 0 Å². The molecule has 2 N–H and O–H groups in total. The molecule has 0 aromatic rings. The summed E-state index contributed by atoms with van der Waals surface area (Å²) in [6.07, 6.45) is 41.9. The zero-order chi connectivity index (χ0) is 34.5. The smallest absolute Gasteiger partial charge is 0.186 e. The van der Waals surface area contributed by atoms with Crippen LogP contribution in [0.4, 0.5) is 0 Å². The molecule has 0 radical (unpaired) electrons. The monoisotopic (exact) mass is 667 g/mol. The minimum atomic E-state index is -0.794. The normalized spacial score (nSPS) is 14.8. The minimum absolute atomic E-state index is 0.540. The molecule has 0 amide bonds. The van der Waals surface area contributed by atoms with E-state index in [2.05, 4.69) is 38.2 Å². The lowest BCUT2D eigenvalue weighted by atomic mass is 10.1. The van der Waals surface area contributed by atoms with Crippen molar-refractivity contribution < 1.29 is 24.4 Å². The van der Waals surface area contributed by atoms with Gasteiger partial charge >= 0.3 is 0 Å². The zero-order valence-electron chi connectivity index (χ0n) is 32.0. The largest absolute Gasteiger partial charge is 0.388 e. The molecule has 0 aromatic carbocycles. The summed E-state index contributed by atoms with van der Waals surface area (Å²) in [4.78, 5) is 0. The standard InChI is InChI=1S/C42H82O5/c1-5-7-9-11-13-15-17-19-21-23-25-27-29-31-33-35-37-45-41(39(3)43)47-42(40(4)44)46-38-36-34-32-30-28-26-24-22-20-18-16-14-12-10-8-6-2/h19-22,39-44H,5-18,23-38H2,1-4H3. The first-order valence-corrected chi connectivity index (χ1v) is 20.6. The summed E-state index contributed by atoms with van der Waals surface area (Å²) in [5, 5.41) is 20.4. The van der Waals surface area contributed by atoms with E-state index in [1.807, 2.05) is 0 Å². The molecule has 4 atom stereocenters. The van der Waals surface area contributed by atoms with Gasteiger partial charge in [-0.2, -0.15) is 0 Å². The number of aliphatic hydroxyl groups excluding tert-OH is 2. The van der Waals surface area contributed by atoms with Crippen molar-refractivity contribution in [3.05, 3.63) is 24.3 Å². The Kier molecular flexibility index (Phi) is 37.5. The van der Waals surface area contributed by atoms with Crippen molar-refractivity contribution in [3.63, 3.8) is 0 Å². The van der Waals surface area contributed by atoms with Crippen LogP contribution in [0.3, 0.4) is 0 Å². The van der Waals surface area contributed by atoms with Crippen LogP contribution >= 0.6 is 0 Å². The predicted octanol–water partition coefficient (Wildman–Crippen LogP) is 12.5. The molecule has 0 saturated carbocycles. The molecule has 0 rings (SSSR count). The van der Waals surface area contributed by atoms with E-state index in [0.717, 1.165) is 25.7 Å². The number of ether oxygens (including phenoxy) is 3. The summed E-state index contributed by atoms with van der Waals surface area (Å²) in [5.74, 6) is 0. The van der Waals surface area contributed by atoms with Crippen molar-refractivity contribution in [1.29, 1.82) is 0 Å². The molecule has 47 heavy (non-hydrogen) atoms. The van der Waals surface area contributed by atoms with E-state index in [0.29, 0.717) is 13.2 Å². The lowest BCUT2D eigenvalue weighted by molar-refractivity contribution is -0.291. The van der Waals surface area contributed by atoms with Gasteiger partial charge in [-0.1, -0.05) is 154 Å². The number of unbranched alkanes of at least 4 members (excludes halogenated alkanes) is 24. The minimum Gasteiger partial charge on any atom is -0.388 e.